The first-order valence-corrected chi connectivity index (χ1v) is 8.80. The molecule has 0 bridgehead atoms. The lowest BCUT2D eigenvalue weighted by atomic mass is 10.1. The van der Waals surface area contributed by atoms with Crippen molar-refractivity contribution in [3.63, 3.8) is 0 Å². The first kappa shape index (κ1) is 25.9. The van der Waals surface area contributed by atoms with Crippen LogP contribution in [0.1, 0.15) is 22.5 Å². The number of hydrogen-bond acceptors (Lipinski definition) is 8. The van der Waals surface area contributed by atoms with E-state index in [-0.39, 0.29) is 54.2 Å². The summed E-state index contributed by atoms with van der Waals surface area (Å²) in [5.74, 6) is -0.109. The predicted molar refractivity (Wildman–Crippen MR) is 111 cm³/mol. The molecular formula is C16H22Cl2N4O5S. The predicted octanol–water partition coefficient (Wildman–Crippen LogP) is 2.82. The van der Waals surface area contributed by atoms with Crippen LogP contribution in [0.3, 0.4) is 0 Å². The Morgan fingerprint density at radius 2 is 2.04 bits per heavy atom. The third-order valence-corrected chi connectivity index (χ3v) is 4.11. The summed E-state index contributed by atoms with van der Waals surface area (Å²) in [6.07, 6.45) is 0.710. The molecule has 0 aliphatic rings. The molecule has 2 rings (SSSR count). The summed E-state index contributed by atoms with van der Waals surface area (Å²) in [5, 5.41) is 18.8. The van der Waals surface area contributed by atoms with Crippen molar-refractivity contribution in [3.05, 3.63) is 44.4 Å². The Balaban J connectivity index is 0.00000364. The molecule has 12 heteroatoms. The van der Waals surface area contributed by atoms with E-state index in [1.54, 1.807) is 5.51 Å². The van der Waals surface area contributed by atoms with Crippen molar-refractivity contribution in [3.8, 4) is 11.5 Å². The molecule has 0 unspecified atom stereocenters. The Morgan fingerprint density at radius 1 is 1.29 bits per heavy atom. The number of amides is 1. The Hall–Kier alpha value is -2.14. The van der Waals surface area contributed by atoms with Crippen LogP contribution in [-0.4, -0.2) is 43.1 Å². The number of nitro benzene ring substituents is 1. The van der Waals surface area contributed by atoms with E-state index in [0.29, 0.717) is 18.7 Å². The second-order valence-corrected chi connectivity index (χ2v) is 5.98. The van der Waals surface area contributed by atoms with Gasteiger partial charge in [-0.05, 0) is 20.0 Å². The Bertz CT molecular complexity index is 762. The minimum atomic E-state index is -0.613. The van der Waals surface area contributed by atoms with Crippen molar-refractivity contribution in [2.75, 3.05) is 27.2 Å². The average molecular weight is 453 g/mol. The number of nitrogens with zero attached hydrogens (tertiary/aromatic N) is 2. The fraction of sp³-hybridized carbons (Fsp3) is 0.375. The zero-order chi connectivity index (χ0) is 18.9. The minimum absolute atomic E-state index is 0. The number of carbonyl (C=O) groups is 1. The molecule has 2 N–H and O–H groups in total. The van der Waals surface area contributed by atoms with Gasteiger partial charge in [-0.1, -0.05) is 0 Å². The first-order chi connectivity index (χ1) is 12.6. The molecule has 1 aromatic carbocycles. The van der Waals surface area contributed by atoms with E-state index >= 15 is 0 Å². The van der Waals surface area contributed by atoms with Crippen LogP contribution in [0.15, 0.2) is 23.0 Å². The second-order valence-electron chi connectivity index (χ2n) is 5.26. The van der Waals surface area contributed by atoms with Crippen LogP contribution < -0.4 is 20.1 Å². The lowest BCUT2D eigenvalue weighted by Crippen LogP contribution is -2.27. The smallest absolute Gasteiger partial charge is 0.286 e. The molecule has 0 saturated carbocycles. The quantitative estimate of drug-likeness (QED) is 0.323. The van der Waals surface area contributed by atoms with E-state index in [9.17, 15) is 14.9 Å². The minimum Gasteiger partial charge on any atom is -0.493 e. The number of hydrogen-bond donors (Lipinski definition) is 2. The molecule has 1 amide bonds. The maximum Gasteiger partial charge on any atom is 0.286 e. The number of aromatic nitrogens is 1. The molecule has 0 aliphatic carbocycles. The van der Waals surface area contributed by atoms with E-state index in [1.807, 2.05) is 12.4 Å². The SMILES string of the molecule is CNCCCNC(=O)c1cc(OC)c(OCc2cscn2)cc1[N+](=O)[O-].Cl.Cl. The molecule has 0 fully saturated rings. The van der Waals surface area contributed by atoms with Crippen LogP contribution in [0, 0.1) is 10.1 Å². The lowest BCUT2D eigenvalue weighted by Gasteiger charge is -2.12. The number of rotatable bonds is 10. The van der Waals surface area contributed by atoms with Crippen molar-refractivity contribution in [2.24, 2.45) is 0 Å². The second kappa shape index (κ2) is 13.1. The zero-order valence-electron chi connectivity index (χ0n) is 15.3. The molecule has 0 radical (unpaired) electrons. The fourth-order valence-electron chi connectivity index (χ4n) is 2.18. The highest BCUT2D eigenvalue weighted by Gasteiger charge is 2.24. The van der Waals surface area contributed by atoms with Crippen molar-refractivity contribution >= 4 is 47.7 Å². The number of thiazole rings is 1. The molecule has 9 nitrogen and oxygen atoms in total. The van der Waals surface area contributed by atoms with E-state index in [2.05, 4.69) is 15.6 Å². The van der Waals surface area contributed by atoms with Crippen LogP contribution in [-0.2, 0) is 6.61 Å². The summed E-state index contributed by atoms with van der Waals surface area (Å²) in [5.41, 5.74) is 1.95. The van der Waals surface area contributed by atoms with Crippen molar-refractivity contribution in [1.29, 1.82) is 0 Å². The Kier molecular flexibility index (Phi) is 12.1. The summed E-state index contributed by atoms with van der Waals surface area (Å²) < 4.78 is 10.8. The summed E-state index contributed by atoms with van der Waals surface area (Å²) in [4.78, 5) is 27.2. The average Bonchev–Trinajstić information content (AvgIpc) is 3.16. The van der Waals surface area contributed by atoms with Gasteiger partial charge in [0.2, 0.25) is 0 Å². The van der Waals surface area contributed by atoms with E-state index in [0.717, 1.165) is 6.54 Å². The first-order valence-electron chi connectivity index (χ1n) is 7.86. The number of carbonyl (C=O) groups excluding carboxylic acids is 1. The number of ether oxygens (including phenoxy) is 2. The molecule has 28 heavy (non-hydrogen) atoms. The molecule has 0 saturated heterocycles. The van der Waals surface area contributed by atoms with Crippen LogP contribution in [0.2, 0.25) is 0 Å². The number of benzene rings is 1. The maximum atomic E-state index is 12.3. The van der Waals surface area contributed by atoms with Crippen LogP contribution in [0.4, 0.5) is 5.69 Å². The molecular weight excluding hydrogens is 431 g/mol. The largest absolute Gasteiger partial charge is 0.493 e. The highest BCUT2D eigenvalue weighted by molar-refractivity contribution is 7.07. The van der Waals surface area contributed by atoms with Gasteiger partial charge in [-0.2, -0.15) is 0 Å². The fourth-order valence-corrected chi connectivity index (χ4v) is 2.72. The van der Waals surface area contributed by atoms with Crippen molar-refractivity contribution in [1.82, 2.24) is 15.6 Å². The monoisotopic (exact) mass is 452 g/mol. The van der Waals surface area contributed by atoms with Crippen LogP contribution in [0.25, 0.3) is 0 Å². The van der Waals surface area contributed by atoms with Gasteiger partial charge in [-0.25, -0.2) is 4.98 Å². The molecule has 156 valence electrons. The lowest BCUT2D eigenvalue weighted by molar-refractivity contribution is -0.385. The van der Waals surface area contributed by atoms with Gasteiger partial charge in [0.25, 0.3) is 11.6 Å². The van der Waals surface area contributed by atoms with E-state index in [4.69, 9.17) is 9.47 Å². The van der Waals surface area contributed by atoms with Gasteiger partial charge >= 0.3 is 0 Å². The van der Waals surface area contributed by atoms with Gasteiger partial charge in [0.05, 0.1) is 29.3 Å². The van der Waals surface area contributed by atoms with Crippen LogP contribution in [0.5, 0.6) is 11.5 Å². The van der Waals surface area contributed by atoms with Gasteiger partial charge in [0.1, 0.15) is 12.2 Å². The number of nitrogens with one attached hydrogen (secondary N) is 2. The molecule has 0 spiro atoms. The van der Waals surface area contributed by atoms with Crippen molar-refractivity contribution < 1.29 is 19.2 Å². The zero-order valence-corrected chi connectivity index (χ0v) is 17.7. The molecule has 1 heterocycles. The highest BCUT2D eigenvalue weighted by Crippen LogP contribution is 2.35. The number of nitro groups is 1. The van der Waals surface area contributed by atoms with Gasteiger partial charge in [-0.15, -0.1) is 36.2 Å². The van der Waals surface area contributed by atoms with Crippen LogP contribution >= 0.6 is 36.2 Å². The summed E-state index contributed by atoms with van der Waals surface area (Å²) >= 11 is 1.42. The van der Waals surface area contributed by atoms with Gasteiger partial charge in [-0.3, -0.25) is 14.9 Å². The third kappa shape index (κ3) is 7.12. The Morgan fingerprint density at radius 3 is 2.61 bits per heavy atom. The van der Waals surface area contributed by atoms with Crippen molar-refractivity contribution in [2.45, 2.75) is 13.0 Å². The van der Waals surface area contributed by atoms with Gasteiger partial charge in [0, 0.05) is 18.0 Å². The topological polar surface area (TPSA) is 116 Å². The summed E-state index contributed by atoms with van der Waals surface area (Å²) in [6, 6.07) is 2.52. The Labute approximate surface area is 178 Å². The normalized spacial score (nSPS) is 9.64. The summed E-state index contributed by atoms with van der Waals surface area (Å²) in [7, 11) is 3.22. The van der Waals surface area contributed by atoms with Gasteiger partial charge < -0.3 is 20.1 Å². The third-order valence-electron chi connectivity index (χ3n) is 3.47. The standard InChI is InChI=1S/C16H20N4O5S.2ClH/c1-17-4-3-5-18-16(21)12-6-14(24-2)15(7-13(12)20(22)23)25-8-11-9-26-10-19-11;;/h6-7,9-10,17H,3-5,8H2,1-2H3,(H,18,21);2*1H. The molecule has 1 aromatic heterocycles. The maximum absolute atomic E-state index is 12.3. The number of methoxy groups -OCH3 is 1. The highest BCUT2D eigenvalue weighted by atomic mass is 35.5. The molecule has 0 atom stereocenters. The molecule has 2 aromatic rings. The van der Waals surface area contributed by atoms with E-state index in [1.165, 1.54) is 30.6 Å². The number of halogens is 2. The van der Waals surface area contributed by atoms with E-state index < -0.39 is 10.8 Å². The van der Waals surface area contributed by atoms with Gasteiger partial charge in [0.15, 0.2) is 11.5 Å². The molecule has 0 aliphatic heterocycles. The summed E-state index contributed by atoms with van der Waals surface area (Å²) in [6.45, 7) is 1.28.